The van der Waals surface area contributed by atoms with E-state index in [9.17, 15) is 0 Å². The minimum atomic E-state index is 0.549. The Hall–Kier alpha value is -0.120. The first kappa shape index (κ1) is 14.8. The van der Waals surface area contributed by atoms with Gasteiger partial charge in [-0.25, -0.2) is 4.98 Å². The third kappa shape index (κ3) is 5.01. The molecule has 0 aliphatic heterocycles. The first-order chi connectivity index (χ1) is 9.83. The van der Waals surface area contributed by atoms with E-state index in [1.54, 1.807) is 11.3 Å². The predicted octanol–water partition coefficient (Wildman–Crippen LogP) is 4.33. The maximum Gasteiger partial charge on any atom is 0.0928 e. The summed E-state index contributed by atoms with van der Waals surface area (Å²) >= 11 is 7.55. The number of hydrogen-bond acceptors (Lipinski definition) is 3. The summed E-state index contributed by atoms with van der Waals surface area (Å²) in [7, 11) is 0. The molecule has 1 aromatic heterocycles. The lowest BCUT2D eigenvalue weighted by molar-refractivity contribution is 0.247. The Morgan fingerprint density at radius 2 is 1.85 bits per heavy atom. The SMILES string of the molecule is ClCc1csc(CCCCN(CC2CC2)CC2CC2)n1. The molecule has 0 spiro atoms. The zero-order valence-electron chi connectivity index (χ0n) is 12.2. The van der Waals surface area contributed by atoms with Gasteiger partial charge in [-0.15, -0.1) is 22.9 Å². The van der Waals surface area contributed by atoms with Crippen molar-refractivity contribution in [3.05, 3.63) is 16.1 Å². The van der Waals surface area contributed by atoms with E-state index in [2.05, 4.69) is 15.3 Å². The molecule has 0 aromatic carbocycles. The molecule has 2 nitrogen and oxygen atoms in total. The van der Waals surface area contributed by atoms with E-state index in [-0.39, 0.29) is 0 Å². The maximum absolute atomic E-state index is 5.79. The fourth-order valence-electron chi connectivity index (χ4n) is 2.73. The van der Waals surface area contributed by atoms with Gasteiger partial charge in [0.1, 0.15) is 0 Å². The minimum Gasteiger partial charge on any atom is -0.303 e. The third-order valence-electron chi connectivity index (χ3n) is 4.28. The highest BCUT2D eigenvalue weighted by Gasteiger charge is 2.28. The molecule has 2 saturated carbocycles. The molecular formula is C16H25ClN2S. The molecule has 0 radical (unpaired) electrons. The number of aryl methyl sites for hydroxylation is 1. The average Bonchev–Trinajstić information content (AvgIpc) is 3.37. The van der Waals surface area contributed by atoms with Crippen LogP contribution in [-0.4, -0.2) is 29.5 Å². The van der Waals surface area contributed by atoms with Gasteiger partial charge in [0.05, 0.1) is 16.6 Å². The smallest absolute Gasteiger partial charge is 0.0928 e. The van der Waals surface area contributed by atoms with Crippen LogP contribution in [0.5, 0.6) is 0 Å². The average molecular weight is 313 g/mol. The second-order valence-electron chi connectivity index (χ2n) is 6.47. The normalized spacial score (nSPS) is 18.9. The number of unbranched alkanes of at least 4 members (excludes halogenated alkanes) is 1. The molecule has 20 heavy (non-hydrogen) atoms. The van der Waals surface area contributed by atoms with Crippen molar-refractivity contribution in [2.24, 2.45) is 11.8 Å². The van der Waals surface area contributed by atoms with Crippen LogP contribution >= 0.6 is 22.9 Å². The molecular weight excluding hydrogens is 288 g/mol. The van der Waals surface area contributed by atoms with Crippen LogP contribution in [0.15, 0.2) is 5.38 Å². The summed E-state index contributed by atoms with van der Waals surface area (Å²) in [5.74, 6) is 2.60. The van der Waals surface area contributed by atoms with Gasteiger partial charge in [0.25, 0.3) is 0 Å². The van der Waals surface area contributed by atoms with Crippen molar-refractivity contribution in [3.63, 3.8) is 0 Å². The number of nitrogens with zero attached hydrogens (tertiary/aromatic N) is 2. The van der Waals surface area contributed by atoms with Crippen molar-refractivity contribution in [1.82, 2.24) is 9.88 Å². The van der Waals surface area contributed by atoms with Gasteiger partial charge >= 0.3 is 0 Å². The van der Waals surface area contributed by atoms with Gasteiger partial charge in [-0.3, -0.25) is 0 Å². The van der Waals surface area contributed by atoms with Crippen molar-refractivity contribution in [2.45, 2.75) is 50.8 Å². The van der Waals surface area contributed by atoms with Crippen molar-refractivity contribution < 1.29 is 0 Å². The highest BCUT2D eigenvalue weighted by Crippen LogP contribution is 2.33. The summed E-state index contributed by atoms with van der Waals surface area (Å²) in [5.41, 5.74) is 1.04. The fraction of sp³-hybridized carbons (Fsp3) is 0.812. The third-order valence-corrected chi connectivity index (χ3v) is 5.51. The predicted molar refractivity (Wildman–Crippen MR) is 86.5 cm³/mol. The number of hydrogen-bond donors (Lipinski definition) is 0. The lowest BCUT2D eigenvalue weighted by atomic mass is 10.2. The fourth-order valence-corrected chi connectivity index (χ4v) is 3.79. The number of rotatable bonds is 10. The van der Waals surface area contributed by atoms with Crippen LogP contribution in [0.4, 0.5) is 0 Å². The number of thiazole rings is 1. The van der Waals surface area contributed by atoms with Crippen LogP contribution in [0.3, 0.4) is 0 Å². The molecule has 112 valence electrons. The number of halogens is 1. The van der Waals surface area contributed by atoms with Gasteiger partial charge in [0.15, 0.2) is 0 Å². The van der Waals surface area contributed by atoms with Gasteiger partial charge in [-0.1, -0.05) is 0 Å². The van der Waals surface area contributed by atoms with Gasteiger partial charge in [0, 0.05) is 18.5 Å². The summed E-state index contributed by atoms with van der Waals surface area (Å²) in [6, 6.07) is 0. The van der Waals surface area contributed by atoms with Crippen molar-refractivity contribution in [1.29, 1.82) is 0 Å². The Bertz CT molecular complexity index is 398. The quantitative estimate of drug-likeness (QED) is 0.472. The van der Waals surface area contributed by atoms with Crippen molar-refractivity contribution in [3.8, 4) is 0 Å². The van der Waals surface area contributed by atoms with Crippen molar-refractivity contribution >= 4 is 22.9 Å². The Kier molecular flexibility index (Phi) is 5.36. The van der Waals surface area contributed by atoms with Crippen molar-refractivity contribution in [2.75, 3.05) is 19.6 Å². The molecule has 2 aliphatic rings. The summed E-state index contributed by atoms with van der Waals surface area (Å²) in [6.07, 6.45) is 9.60. The Morgan fingerprint density at radius 3 is 2.40 bits per heavy atom. The minimum absolute atomic E-state index is 0.549. The summed E-state index contributed by atoms with van der Waals surface area (Å²) < 4.78 is 0. The lowest BCUT2D eigenvalue weighted by Gasteiger charge is -2.21. The zero-order valence-corrected chi connectivity index (χ0v) is 13.8. The highest BCUT2D eigenvalue weighted by atomic mass is 35.5. The van der Waals surface area contributed by atoms with Crippen LogP contribution in [0.1, 0.15) is 49.2 Å². The largest absolute Gasteiger partial charge is 0.303 e. The number of aromatic nitrogens is 1. The Morgan fingerprint density at radius 1 is 1.15 bits per heavy atom. The summed E-state index contributed by atoms with van der Waals surface area (Å²) in [6.45, 7) is 4.02. The van der Waals surface area contributed by atoms with E-state index < -0.39 is 0 Å². The van der Waals surface area contributed by atoms with Crippen LogP contribution < -0.4 is 0 Å². The van der Waals surface area contributed by atoms with Crippen LogP contribution in [0.25, 0.3) is 0 Å². The molecule has 0 amide bonds. The molecule has 3 rings (SSSR count). The van der Waals surface area contributed by atoms with E-state index in [4.69, 9.17) is 11.6 Å². The highest BCUT2D eigenvalue weighted by molar-refractivity contribution is 7.09. The molecule has 4 heteroatoms. The van der Waals surface area contributed by atoms with Gasteiger partial charge < -0.3 is 4.90 Å². The monoisotopic (exact) mass is 312 g/mol. The van der Waals surface area contributed by atoms with Gasteiger partial charge in [-0.05, 0) is 63.3 Å². The number of alkyl halides is 1. The van der Waals surface area contributed by atoms with Crippen LogP contribution in [-0.2, 0) is 12.3 Å². The molecule has 1 aromatic rings. The molecule has 0 saturated heterocycles. The second-order valence-corrected chi connectivity index (χ2v) is 7.68. The topological polar surface area (TPSA) is 16.1 Å². The molecule has 0 N–H and O–H groups in total. The van der Waals surface area contributed by atoms with E-state index in [1.807, 2.05) is 0 Å². The lowest BCUT2D eigenvalue weighted by Crippen LogP contribution is -2.29. The van der Waals surface area contributed by atoms with E-state index in [0.717, 1.165) is 24.0 Å². The molecule has 2 aliphatic carbocycles. The summed E-state index contributed by atoms with van der Waals surface area (Å²) in [4.78, 5) is 7.27. The molecule has 0 unspecified atom stereocenters. The first-order valence-corrected chi connectivity index (χ1v) is 9.46. The van der Waals surface area contributed by atoms with Gasteiger partial charge in [-0.2, -0.15) is 0 Å². The Balaban J connectivity index is 1.33. The second kappa shape index (κ2) is 7.24. The Labute approximate surface area is 131 Å². The van der Waals surface area contributed by atoms with E-state index in [1.165, 1.54) is 63.2 Å². The zero-order chi connectivity index (χ0) is 13.8. The van der Waals surface area contributed by atoms with E-state index in [0.29, 0.717) is 5.88 Å². The standard InChI is InChI=1S/C16H25ClN2S/c17-9-15-12-20-16(18-15)3-1-2-8-19(10-13-4-5-13)11-14-6-7-14/h12-14H,1-11H2. The molecule has 0 bridgehead atoms. The van der Waals surface area contributed by atoms with Crippen LogP contribution in [0.2, 0.25) is 0 Å². The van der Waals surface area contributed by atoms with E-state index >= 15 is 0 Å². The first-order valence-electron chi connectivity index (χ1n) is 8.05. The van der Waals surface area contributed by atoms with Gasteiger partial charge in [0.2, 0.25) is 0 Å². The molecule has 2 fully saturated rings. The molecule has 0 atom stereocenters. The molecule has 1 heterocycles. The summed E-state index contributed by atoms with van der Waals surface area (Å²) in [5, 5.41) is 3.35. The van der Waals surface area contributed by atoms with Crippen LogP contribution in [0, 0.1) is 11.8 Å². The maximum atomic E-state index is 5.79.